The van der Waals surface area contributed by atoms with Crippen molar-refractivity contribution in [1.82, 2.24) is 10.2 Å². The van der Waals surface area contributed by atoms with Gasteiger partial charge in [0, 0.05) is 17.1 Å². The second kappa shape index (κ2) is 4.28. The SMILES string of the molecule is O=Cc1cc(Cc2ccccc2Cl)[nH]n1. The van der Waals surface area contributed by atoms with Crippen LogP contribution in [0, 0.1) is 0 Å². The minimum atomic E-state index is 0.414. The number of benzene rings is 1. The van der Waals surface area contributed by atoms with Gasteiger partial charge in [-0.1, -0.05) is 29.8 Å². The lowest BCUT2D eigenvalue weighted by atomic mass is 10.1. The van der Waals surface area contributed by atoms with Crippen LogP contribution in [0.5, 0.6) is 0 Å². The third kappa shape index (κ3) is 2.25. The van der Waals surface area contributed by atoms with E-state index < -0.39 is 0 Å². The molecule has 0 radical (unpaired) electrons. The number of hydrogen-bond donors (Lipinski definition) is 1. The molecule has 0 atom stereocenters. The summed E-state index contributed by atoms with van der Waals surface area (Å²) in [6.07, 6.45) is 1.37. The van der Waals surface area contributed by atoms with E-state index in [1.165, 1.54) is 0 Å². The highest BCUT2D eigenvalue weighted by atomic mass is 35.5. The smallest absolute Gasteiger partial charge is 0.170 e. The second-order valence-corrected chi connectivity index (χ2v) is 3.61. The highest BCUT2D eigenvalue weighted by molar-refractivity contribution is 6.31. The lowest BCUT2D eigenvalue weighted by Gasteiger charge is -2.00. The average Bonchev–Trinajstić information content (AvgIpc) is 2.69. The van der Waals surface area contributed by atoms with Gasteiger partial charge in [0.2, 0.25) is 0 Å². The van der Waals surface area contributed by atoms with Gasteiger partial charge in [0.1, 0.15) is 5.69 Å². The molecular weight excluding hydrogens is 212 g/mol. The number of carbonyl (C=O) groups is 1. The molecule has 1 N–H and O–H groups in total. The first-order valence-electron chi connectivity index (χ1n) is 4.52. The summed E-state index contributed by atoms with van der Waals surface area (Å²) in [5.74, 6) is 0. The Balaban J connectivity index is 2.22. The standard InChI is InChI=1S/C11H9ClN2O/c12-11-4-2-1-3-8(11)5-9-6-10(7-15)14-13-9/h1-4,6-7H,5H2,(H,13,14). The number of hydrogen-bond acceptors (Lipinski definition) is 2. The van der Waals surface area contributed by atoms with Gasteiger partial charge >= 0.3 is 0 Å². The zero-order valence-electron chi connectivity index (χ0n) is 7.90. The number of nitrogens with zero attached hydrogens (tertiary/aromatic N) is 1. The summed E-state index contributed by atoms with van der Waals surface area (Å²) in [4.78, 5) is 10.4. The third-order valence-electron chi connectivity index (χ3n) is 2.11. The minimum absolute atomic E-state index is 0.414. The number of aromatic amines is 1. The maximum absolute atomic E-state index is 10.4. The summed E-state index contributed by atoms with van der Waals surface area (Å²) in [6.45, 7) is 0. The molecule has 4 heteroatoms. The number of halogens is 1. The Hall–Kier alpha value is -1.61. The highest BCUT2D eigenvalue weighted by Crippen LogP contribution is 2.17. The van der Waals surface area contributed by atoms with E-state index in [2.05, 4.69) is 10.2 Å². The van der Waals surface area contributed by atoms with E-state index >= 15 is 0 Å². The zero-order valence-corrected chi connectivity index (χ0v) is 8.66. The van der Waals surface area contributed by atoms with Crippen molar-refractivity contribution in [2.24, 2.45) is 0 Å². The molecule has 2 aromatic rings. The molecule has 0 saturated heterocycles. The van der Waals surface area contributed by atoms with Crippen molar-refractivity contribution >= 4 is 17.9 Å². The Morgan fingerprint density at radius 1 is 1.40 bits per heavy atom. The Bertz CT molecular complexity index is 479. The van der Waals surface area contributed by atoms with Crippen LogP contribution in [0.3, 0.4) is 0 Å². The Morgan fingerprint density at radius 3 is 2.87 bits per heavy atom. The molecule has 0 aliphatic rings. The number of aromatic nitrogens is 2. The molecule has 3 nitrogen and oxygen atoms in total. The van der Waals surface area contributed by atoms with Crippen LogP contribution in [0.15, 0.2) is 30.3 Å². The molecule has 76 valence electrons. The third-order valence-corrected chi connectivity index (χ3v) is 2.48. The first-order chi connectivity index (χ1) is 7.29. The summed E-state index contributed by atoms with van der Waals surface area (Å²) >= 11 is 6.01. The molecule has 2 rings (SSSR count). The van der Waals surface area contributed by atoms with Gasteiger partial charge in [-0.05, 0) is 17.7 Å². The van der Waals surface area contributed by atoms with Gasteiger partial charge in [0.25, 0.3) is 0 Å². The van der Waals surface area contributed by atoms with Crippen molar-refractivity contribution in [2.75, 3.05) is 0 Å². The van der Waals surface area contributed by atoms with Crippen LogP contribution in [0.2, 0.25) is 5.02 Å². The fraction of sp³-hybridized carbons (Fsp3) is 0.0909. The quantitative estimate of drug-likeness (QED) is 0.808. The van der Waals surface area contributed by atoms with E-state index in [0.29, 0.717) is 18.4 Å². The molecule has 1 heterocycles. The van der Waals surface area contributed by atoms with E-state index in [4.69, 9.17) is 11.6 Å². The Labute approximate surface area is 92.1 Å². The monoisotopic (exact) mass is 220 g/mol. The van der Waals surface area contributed by atoms with E-state index in [9.17, 15) is 4.79 Å². The first kappa shape index (κ1) is 9.93. The number of aldehydes is 1. The molecule has 0 bridgehead atoms. The van der Waals surface area contributed by atoms with Gasteiger partial charge in [-0.15, -0.1) is 0 Å². The lowest BCUT2D eigenvalue weighted by Crippen LogP contribution is -1.89. The maximum atomic E-state index is 10.4. The average molecular weight is 221 g/mol. The van der Waals surface area contributed by atoms with E-state index in [0.717, 1.165) is 16.3 Å². The van der Waals surface area contributed by atoms with Crippen molar-refractivity contribution in [3.8, 4) is 0 Å². The summed E-state index contributed by atoms with van der Waals surface area (Å²) in [6, 6.07) is 9.32. The lowest BCUT2D eigenvalue weighted by molar-refractivity contribution is 0.111. The van der Waals surface area contributed by atoms with Crippen molar-refractivity contribution in [3.05, 3.63) is 52.3 Å². The maximum Gasteiger partial charge on any atom is 0.170 e. The van der Waals surface area contributed by atoms with Crippen LogP contribution in [-0.4, -0.2) is 16.5 Å². The van der Waals surface area contributed by atoms with Crippen LogP contribution in [0.1, 0.15) is 21.7 Å². The largest absolute Gasteiger partial charge is 0.296 e. The molecule has 1 aromatic carbocycles. The van der Waals surface area contributed by atoms with Crippen LogP contribution >= 0.6 is 11.6 Å². The van der Waals surface area contributed by atoms with Gasteiger partial charge in [-0.2, -0.15) is 5.10 Å². The van der Waals surface area contributed by atoms with Gasteiger partial charge in [-0.25, -0.2) is 0 Å². The van der Waals surface area contributed by atoms with E-state index in [-0.39, 0.29) is 0 Å². The van der Waals surface area contributed by atoms with E-state index in [1.54, 1.807) is 6.07 Å². The molecule has 15 heavy (non-hydrogen) atoms. The Morgan fingerprint density at radius 2 is 2.20 bits per heavy atom. The number of nitrogens with one attached hydrogen (secondary N) is 1. The van der Waals surface area contributed by atoms with Crippen LogP contribution in [-0.2, 0) is 6.42 Å². The highest BCUT2D eigenvalue weighted by Gasteiger charge is 2.03. The van der Waals surface area contributed by atoms with Crippen molar-refractivity contribution in [1.29, 1.82) is 0 Å². The van der Waals surface area contributed by atoms with Crippen molar-refractivity contribution in [3.63, 3.8) is 0 Å². The molecule has 0 aliphatic carbocycles. The molecule has 0 unspecified atom stereocenters. The molecule has 0 saturated carbocycles. The number of carbonyl (C=O) groups excluding carboxylic acids is 1. The molecule has 0 aliphatic heterocycles. The van der Waals surface area contributed by atoms with Crippen molar-refractivity contribution in [2.45, 2.75) is 6.42 Å². The fourth-order valence-corrected chi connectivity index (χ4v) is 1.58. The van der Waals surface area contributed by atoms with E-state index in [1.807, 2.05) is 24.3 Å². The number of rotatable bonds is 3. The predicted octanol–water partition coefficient (Wildman–Crippen LogP) is 2.47. The van der Waals surface area contributed by atoms with Gasteiger partial charge in [0.15, 0.2) is 6.29 Å². The minimum Gasteiger partial charge on any atom is -0.296 e. The van der Waals surface area contributed by atoms with Crippen molar-refractivity contribution < 1.29 is 4.79 Å². The van der Waals surface area contributed by atoms with Gasteiger partial charge < -0.3 is 0 Å². The normalized spacial score (nSPS) is 10.2. The molecule has 0 amide bonds. The first-order valence-corrected chi connectivity index (χ1v) is 4.90. The summed E-state index contributed by atoms with van der Waals surface area (Å²) < 4.78 is 0. The fourth-order valence-electron chi connectivity index (χ4n) is 1.38. The van der Waals surface area contributed by atoms with Gasteiger partial charge in [0.05, 0.1) is 0 Å². The molecule has 1 aromatic heterocycles. The molecular formula is C11H9ClN2O. The topological polar surface area (TPSA) is 45.8 Å². The second-order valence-electron chi connectivity index (χ2n) is 3.20. The van der Waals surface area contributed by atoms with Crippen LogP contribution in [0.25, 0.3) is 0 Å². The predicted molar refractivity (Wildman–Crippen MR) is 58.2 cm³/mol. The summed E-state index contributed by atoms with van der Waals surface area (Å²) in [5.41, 5.74) is 2.31. The number of H-pyrrole nitrogens is 1. The van der Waals surface area contributed by atoms with Crippen LogP contribution < -0.4 is 0 Å². The Kier molecular flexibility index (Phi) is 2.83. The zero-order chi connectivity index (χ0) is 10.7. The summed E-state index contributed by atoms with van der Waals surface area (Å²) in [7, 11) is 0. The molecule has 0 spiro atoms. The summed E-state index contributed by atoms with van der Waals surface area (Å²) in [5, 5.41) is 7.34. The van der Waals surface area contributed by atoms with Crippen LogP contribution in [0.4, 0.5) is 0 Å². The van der Waals surface area contributed by atoms with Gasteiger partial charge in [-0.3, -0.25) is 9.89 Å². The molecule has 0 fully saturated rings.